The molecule has 0 aliphatic carbocycles. The average molecular weight is 344 g/mol. The fourth-order valence-corrected chi connectivity index (χ4v) is 1.99. The van der Waals surface area contributed by atoms with Crippen molar-refractivity contribution < 1.29 is 19.1 Å². The molecule has 0 aromatic heterocycles. The van der Waals surface area contributed by atoms with Crippen molar-refractivity contribution in [2.24, 2.45) is 0 Å². The van der Waals surface area contributed by atoms with Crippen LogP contribution in [0.1, 0.15) is 24.2 Å². The third kappa shape index (κ3) is 4.52. The molecule has 0 unspecified atom stereocenters. The van der Waals surface area contributed by atoms with Crippen LogP contribution in [0.4, 0.5) is 0 Å². The molecule has 1 amide bonds. The fraction of sp³-hybridized carbons (Fsp3) is 0.429. The number of nitrogens with zero attached hydrogens (tertiary/aromatic N) is 1. The molecule has 1 aromatic rings. The summed E-state index contributed by atoms with van der Waals surface area (Å²) in [5.74, 6) is -0.226. The summed E-state index contributed by atoms with van der Waals surface area (Å²) in [4.78, 5) is 25.1. The number of carbonyl (C=O) groups is 2. The maximum atomic E-state index is 12.3. The van der Waals surface area contributed by atoms with Crippen molar-refractivity contribution in [2.75, 3.05) is 26.8 Å². The summed E-state index contributed by atoms with van der Waals surface area (Å²) in [7, 11) is 1.55. The molecule has 0 saturated heterocycles. The zero-order chi connectivity index (χ0) is 15.1. The van der Waals surface area contributed by atoms with Gasteiger partial charge < -0.3 is 14.4 Å². The Labute approximate surface area is 127 Å². The van der Waals surface area contributed by atoms with Crippen molar-refractivity contribution in [1.82, 2.24) is 4.90 Å². The topological polar surface area (TPSA) is 55.8 Å². The monoisotopic (exact) mass is 343 g/mol. The van der Waals surface area contributed by atoms with E-state index in [0.717, 1.165) is 4.47 Å². The van der Waals surface area contributed by atoms with Crippen LogP contribution in [0.5, 0.6) is 5.75 Å². The van der Waals surface area contributed by atoms with E-state index in [1.165, 1.54) is 4.90 Å². The van der Waals surface area contributed by atoms with Gasteiger partial charge in [-0.3, -0.25) is 9.59 Å². The molecule has 0 atom stereocenters. The minimum Gasteiger partial charge on any atom is -0.493 e. The third-order valence-corrected chi connectivity index (χ3v) is 2.98. The number of halogens is 1. The van der Waals surface area contributed by atoms with Gasteiger partial charge in [0, 0.05) is 11.5 Å². The van der Waals surface area contributed by atoms with Gasteiger partial charge in [-0.1, -0.05) is 15.9 Å². The van der Waals surface area contributed by atoms with E-state index in [9.17, 15) is 9.59 Å². The first-order valence-corrected chi connectivity index (χ1v) is 7.12. The SMILES string of the molecule is CCOC(=O)CN(C)C(=O)c1cc(Br)ccc1OCC. The van der Waals surface area contributed by atoms with Crippen LogP contribution in [0.25, 0.3) is 0 Å². The lowest BCUT2D eigenvalue weighted by molar-refractivity contribution is -0.143. The zero-order valence-electron chi connectivity index (χ0n) is 11.8. The normalized spacial score (nSPS) is 10.0. The number of esters is 1. The smallest absolute Gasteiger partial charge is 0.325 e. The van der Waals surface area contributed by atoms with Gasteiger partial charge >= 0.3 is 5.97 Å². The van der Waals surface area contributed by atoms with Gasteiger partial charge in [-0.05, 0) is 32.0 Å². The largest absolute Gasteiger partial charge is 0.493 e. The van der Waals surface area contributed by atoms with E-state index in [0.29, 0.717) is 24.5 Å². The lowest BCUT2D eigenvalue weighted by atomic mass is 10.1. The van der Waals surface area contributed by atoms with Crippen molar-refractivity contribution in [1.29, 1.82) is 0 Å². The van der Waals surface area contributed by atoms with Crippen LogP contribution in [-0.2, 0) is 9.53 Å². The number of hydrogen-bond acceptors (Lipinski definition) is 4. The Kier molecular flexibility index (Phi) is 6.51. The molecule has 0 radical (unpaired) electrons. The summed E-state index contributed by atoms with van der Waals surface area (Å²) in [6.07, 6.45) is 0. The van der Waals surface area contributed by atoms with Gasteiger partial charge in [-0.2, -0.15) is 0 Å². The van der Waals surface area contributed by atoms with Crippen molar-refractivity contribution in [3.05, 3.63) is 28.2 Å². The van der Waals surface area contributed by atoms with Crippen LogP contribution >= 0.6 is 15.9 Å². The molecule has 0 aliphatic heterocycles. The molecule has 5 nitrogen and oxygen atoms in total. The molecule has 6 heteroatoms. The highest BCUT2D eigenvalue weighted by molar-refractivity contribution is 9.10. The molecule has 0 saturated carbocycles. The second kappa shape index (κ2) is 7.89. The highest BCUT2D eigenvalue weighted by Gasteiger charge is 2.19. The Bertz CT molecular complexity index is 490. The van der Waals surface area contributed by atoms with E-state index < -0.39 is 5.97 Å². The first kappa shape index (κ1) is 16.5. The number of likely N-dealkylation sites (N-methyl/N-ethyl adjacent to an activating group) is 1. The van der Waals surface area contributed by atoms with E-state index in [4.69, 9.17) is 9.47 Å². The summed E-state index contributed by atoms with van der Waals surface area (Å²) in [5.41, 5.74) is 0.410. The molecule has 0 spiro atoms. The Morgan fingerprint density at radius 1 is 1.25 bits per heavy atom. The summed E-state index contributed by atoms with van der Waals surface area (Å²) >= 11 is 3.32. The molecule has 1 rings (SSSR count). The predicted molar refractivity (Wildman–Crippen MR) is 78.9 cm³/mol. The van der Waals surface area contributed by atoms with E-state index in [1.54, 1.807) is 32.2 Å². The van der Waals surface area contributed by atoms with Gasteiger partial charge in [0.25, 0.3) is 5.91 Å². The molecular formula is C14H18BrNO4. The second-order valence-corrected chi connectivity index (χ2v) is 4.96. The van der Waals surface area contributed by atoms with Crippen molar-refractivity contribution >= 4 is 27.8 Å². The lowest BCUT2D eigenvalue weighted by Gasteiger charge is -2.18. The summed E-state index contributed by atoms with van der Waals surface area (Å²) in [6.45, 7) is 4.23. The molecule has 1 aromatic carbocycles. The van der Waals surface area contributed by atoms with Gasteiger partial charge in [0.15, 0.2) is 0 Å². The predicted octanol–water partition coefficient (Wildman–Crippen LogP) is 2.48. The van der Waals surface area contributed by atoms with Crippen LogP contribution in [0.15, 0.2) is 22.7 Å². The van der Waals surface area contributed by atoms with Crippen molar-refractivity contribution in [3.63, 3.8) is 0 Å². The average Bonchev–Trinajstić information content (AvgIpc) is 2.40. The minimum absolute atomic E-state index is 0.0925. The number of carbonyl (C=O) groups excluding carboxylic acids is 2. The quantitative estimate of drug-likeness (QED) is 0.744. The maximum Gasteiger partial charge on any atom is 0.325 e. The van der Waals surface area contributed by atoms with Crippen LogP contribution < -0.4 is 4.74 Å². The Balaban J connectivity index is 2.89. The van der Waals surface area contributed by atoms with Gasteiger partial charge in [0.1, 0.15) is 12.3 Å². The van der Waals surface area contributed by atoms with Crippen LogP contribution in [0.2, 0.25) is 0 Å². The number of benzene rings is 1. The Hall–Kier alpha value is -1.56. The highest BCUT2D eigenvalue weighted by Crippen LogP contribution is 2.24. The third-order valence-electron chi connectivity index (χ3n) is 2.49. The standard InChI is InChI=1S/C14H18BrNO4/c1-4-19-12-7-6-10(15)8-11(12)14(18)16(3)9-13(17)20-5-2/h6-8H,4-5,9H2,1-3H3. The number of hydrogen-bond donors (Lipinski definition) is 0. The number of rotatable bonds is 6. The van der Waals surface area contributed by atoms with Crippen LogP contribution in [0, 0.1) is 0 Å². The van der Waals surface area contributed by atoms with Crippen molar-refractivity contribution in [2.45, 2.75) is 13.8 Å². The summed E-state index contributed by atoms with van der Waals surface area (Å²) < 4.78 is 11.0. The van der Waals surface area contributed by atoms with Gasteiger partial charge in [0.05, 0.1) is 18.8 Å². The molecule has 0 heterocycles. The van der Waals surface area contributed by atoms with Gasteiger partial charge in [0.2, 0.25) is 0 Å². The summed E-state index contributed by atoms with van der Waals surface area (Å²) in [6, 6.07) is 5.20. The van der Waals surface area contributed by atoms with E-state index in [2.05, 4.69) is 15.9 Å². The van der Waals surface area contributed by atoms with Gasteiger partial charge in [-0.25, -0.2) is 0 Å². The van der Waals surface area contributed by atoms with Crippen LogP contribution in [0.3, 0.4) is 0 Å². The maximum absolute atomic E-state index is 12.3. The number of ether oxygens (including phenoxy) is 2. The van der Waals surface area contributed by atoms with Crippen LogP contribution in [-0.4, -0.2) is 43.6 Å². The lowest BCUT2D eigenvalue weighted by Crippen LogP contribution is -2.33. The fourth-order valence-electron chi connectivity index (χ4n) is 1.63. The molecule has 0 N–H and O–H groups in total. The molecule has 0 aliphatic rings. The van der Waals surface area contributed by atoms with Gasteiger partial charge in [-0.15, -0.1) is 0 Å². The second-order valence-electron chi connectivity index (χ2n) is 4.04. The van der Waals surface area contributed by atoms with E-state index in [-0.39, 0.29) is 12.5 Å². The first-order chi connectivity index (χ1) is 9.49. The Morgan fingerprint density at radius 3 is 2.55 bits per heavy atom. The number of amides is 1. The van der Waals surface area contributed by atoms with E-state index >= 15 is 0 Å². The highest BCUT2D eigenvalue weighted by atomic mass is 79.9. The van der Waals surface area contributed by atoms with Crippen molar-refractivity contribution in [3.8, 4) is 5.75 Å². The minimum atomic E-state index is -0.434. The summed E-state index contributed by atoms with van der Waals surface area (Å²) in [5, 5.41) is 0. The Morgan fingerprint density at radius 2 is 1.95 bits per heavy atom. The molecule has 0 fully saturated rings. The molecular weight excluding hydrogens is 326 g/mol. The molecule has 0 bridgehead atoms. The molecule has 110 valence electrons. The molecule has 20 heavy (non-hydrogen) atoms. The zero-order valence-corrected chi connectivity index (χ0v) is 13.4. The van der Waals surface area contributed by atoms with E-state index in [1.807, 2.05) is 6.92 Å². The first-order valence-electron chi connectivity index (χ1n) is 6.33.